The van der Waals surface area contributed by atoms with E-state index in [0.717, 1.165) is 26.1 Å². The fraction of sp³-hybridized carbons (Fsp3) is 0.167. The van der Waals surface area contributed by atoms with Crippen LogP contribution in [-0.4, -0.2) is 0 Å². The monoisotopic (exact) mass is 349 g/mol. The lowest BCUT2D eigenvalue weighted by Crippen LogP contribution is -1.99. The molecule has 0 radical (unpaired) electrons. The van der Waals surface area contributed by atoms with Crippen LogP contribution in [0.25, 0.3) is 0 Å². The molecule has 0 aliphatic heterocycles. The standard InChI is InChI=1S/C12H10BrCl2NS/c1-7-2-3-8(14)4-11(7)16-6-9-5-10(13)12(15)17-9/h2-5,16H,6H2,1H3. The first-order valence-electron chi connectivity index (χ1n) is 5.00. The Hall–Kier alpha value is -0.220. The van der Waals surface area contributed by atoms with Gasteiger partial charge in [-0.3, -0.25) is 0 Å². The summed E-state index contributed by atoms with van der Waals surface area (Å²) in [7, 11) is 0. The Labute approximate surface area is 123 Å². The van der Waals surface area contributed by atoms with Crippen molar-refractivity contribution in [2.45, 2.75) is 13.5 Å². The van der Waals surface area contributed by atoms with Gasteiger partial charge in [-0.15, -0.1) is 11.3 Å². The van der Waals surface area contributed by atoms with Crippen molar-refractivity contribution < 1.29 is 0 Å². The summed E-state index contributed by atoms with van der Waals surface area (Å²) in [6, 6.07) is 7.85. The first kappa shape index (κ1) is 13.2. The van der Waals surface area contributed by atoms with E-state index >= 15 is 0 Å². The summed E-state index contributed by atoms with van der Waals surface area (Å²) in [5.74, 6) is 0. The molecule has 0 bridgehead atoms. The molecule has 0 spiro atoms. The molecule has 0 unspecified atom stereocenters. The fourth-order valence-corrected chi connectivity index (χ4v) is 3.35. The van der Waals surface area contributed by atoms with Gasteiger partial charge in [0.05, 0.1) is 0 Å². The highest BCUT2D eigenvalue weighted by Crippen LogP contribution is 2.32. The predicted octanol–water partition coefficient (Wildman–Crippen LogP) is 5.74. The summed E-state index contributed by atoms with van der Waals surface area (Å²) in [4.78, 5) is 1.18. The van der Waals surface area contributed by atoms with Crippen LogP contribution in [-0.2, 0) is 6.54 Å². The van der Waals surface area contributed by atoms with E-state index in [2.05, 4.69) is 28.2 Å². The zero-order valence-electron chi connectivity index (χ0n) is 9.06. The number of nitrogens with one attached hydrogen (secondary N) is 1. The molecule has 0 atom stereocenters. The summed E-state index contributed by atoms with van der Waals surface area (Å²) in [5, 5.41) is 4.10. The van der Waals surface area contributed by atoms with Gasteiger partial charge in [0, 0.05) is 26.6 Å². The van der Waals surface area contributed by atoms with Crippen molar-refractivity contribution in [1.82, 2.24) is 0 Å². The number of thiophene rings is 1. The first-order chi connectivity index (χ1) is 8.06. The van der Waals surface area contributed by atoms with Crippen LogP contribution in [0.5, 0.6) is 0 Å². The van der Waals surface area contributed by atoms with Crippen molar-refractivity contribution in [3.8, 4) is 0 Å². The molecule has 0 saturated carbocycles. The van der Waals surface area contributed by atoms with E-state index in [4.69, 9.17) is 23.2 Å². The highest BCUT2D eigenvalue weighted by Gasteiger charge is 2.05. The summed E-state index contributed by atoms with van der Waals surface area (Å²) < 4.78 is 1.73. The highest BCUT2D eigenvalue weighted by atomic mass is 79.9. The Morgan fingerprint density at radius 2 is 2.06 bits per heavy atom. The van der Waals surface area contributed by atoms with Crippen molar-refractivity contribution in [3.63, 3.8) is 0 Å². The molecule has 1 aromatic carbocycles. The maximum atomic E-state index is 5.99. The second kappa shape index (κ2) is 5.61. The number of rotatable bonds is 3. The number of anilines is 1. The highest BCUT2D eigenvalue weighted by molar-refractivity contribution is 9.10. The van der Waals surface area contributed by atoms with Gasteiger partial charge in [-0.1, -0.05) is 29.3 Å². The van der Waals surface area contributed by atoms with Crippen LogP contribution in [0.3, 0.4) is 0 Å². The number of aryl methyl sites for hydroxylation is 1. The average molecular weight is 351 g/mol. The van der Waals surface area contributed by atoms with Gasteiger partial charge in [-0.05, 0) is 46.6 Å². The molecular weight excluding hydrogens is 341 g/mol. The topological polar surface area (TPSA) is 12.0 Å². The summed E-state index contributed by atoms with van der Waals surface area (Å²) >= 11 is 16.9. The van der Waals surface area contributed by atoms with Gasteiger partial charge in [0.2, 0.25) is 0 Å². The second-order valence-corrected chi connectivity index (χ2v) is 6.68. The summed E-state index contributed by atoms with van der Waals surface area (Å²) in [5.41, 5.74) is 2.23. The molecule has 0 aliphatic carbocycles. The lowest BCUT2D eigenvalue weighted by Gasteiger charge is -2.08. The molecule has 2 rings (SSSR count). The van der Waals surface area contributed by atoms with Crippen molar-refractivity contribution >= 4 is 56.2 Å². The maximum absolute atomic E-state index is 5.99. The van der Waals surface area contributed by atoms with Crippen LogP contribution in [0.1, 0.15) is 10.4 Å². The normalized spacial score (nSPS) is 10.6. The minimum Gasteiger partial charge on any atom is -0.380 e. The average Bonchev–Trinajstić information content (AvgIpc) is 2.60. The predicted molar refractivity (Wildman–Crippen MR) is 80.5 cm³/mol. The Kier molecular flexibility index (Phi) is 4.36. The van der Waals surface area contributed by atoms with Crippen LogP contribution in [0.2, 0.25) is 9.36 Å². The van der Waals surface area contributed by atoms with Crippen LogP contribution >= 0.6 is 50.5 Å². The SMILES string of the molecule is Cc1ccc(Cl)cc1NCc1cc(Br)c(Cl)s1. The van der Waals surface area contributed by atoms with Crippen molar-refractivity contribution in [1.29, 1.82) is 0 Å². The third-order valence-corrected chi connectivity index (χ3v) is 5.06. The summed E-state index contributed by atoms with van der Waals surface area (Å²) in [6.45, 7) is 2.80. The molecule has 0 amide bonds. The van der Waals surface area contributed by atoms with Gasteiger partial charge in [0.1, 0.15) is 4.34 Å². The van der Waals surface area contributed by atoms with Crippen LogP contribution < -0.4 is 5.32 Å². The Morgan fingerprint density at radius 3 is 2.71 bits per heavy atom. The Balaban J connectivity index is 2.09. The van der Waals surface area contributed by atoms with E-state index in [1.54, 1.807) is 11.3 Å². The molecule has 2 aromatic rings. The van der Waals surface area contributed by atoms with Crippen molar-refractivity contribution in [2.75, 3.05) is 5.32 Å². The molecule has 1 aromatic heterocycles. The molecular formula is C12H10BrCl2NS. The van der Waals surface area contributed by atoms with E-state index in [9.17, 15) is 0 Å². The maximum Gasteiger partial charge on any atom is 0.107 e. The van der Waals surface area contributed by atoms with Crippen LogP contribution in [0.4, 0.5) is 5.69 Å². The Morgan fingerprint density at radius 1 is 1.29 bits per heavy atom. The van der Waals surface area contributed by atoms with Gasteiger partial charge in [-0.25, -0.2) is 0 Å². The van der Waals surface area contributed by atoms with E-state index in [0.29, 0.717) is 0 Å². The molecule has 1 heterocycles. The van der Waals surface area contributed by atoms with Gasteiger partial charge in [0.25, 0.3) is 0 Å². The zero-order valence-corrected chi connectivity index (χ0v) is 13.0. The smallest absolute Gasteiger partial charge is 0.107 e. The van der Waals surface area contributed by atoms with Gasteiger partial charge >= 0.3 is 0 Å². The van der Waals surface area contributed by atoms with Crippen molar-refractivity contribution in [2.24, 2.45) is 0 Å². The number of halogens is 3. The second-order valence-electron chi connectivity index (χ2n) is 3.65. The lowest BCUT2D eigenvalue weighted by molar-refractivity contribution is 1.18. The molecule has 90 valence electrons. The quantitative estimate of drug-likeness (QED) is 0.744. The molecule has 0 saturated heterocycles. The molecule has 1 nitrogen and oxygen atoms in total. The van der Waals surface area contributed by atoms with Crippen molar-refractivity contribution in [3.05, 3.63) is 48.5 Å². The minimum atomic E-state index is 0.739. The molecule has 1 N–H and O–H groups in total. The van der Waals surface area contributed by atoms with Crippen LogP contribution in [0.15, 0.2) is 28.7 Å². The van der Waals surface area contributed by atoms with Gasteiger partial charge in [-0.2, -0.15) is 0 Å². The third kappa shape index (κ3) is 3.38. The van der Waals surface area contributed by atoms with Gasteiger partial charge in [0.15, 0.2) is 0 Å². The zero-order chi connectivity index (χ0) is 12.4. The van der Waals surface area contributed by atoms with Gasteiger partial charge < -0.3 is 5.32 Å². The molecule has 5 heteroatoms. The number of hydrogen-bond donors (Lipinski definition) is 1. The Bertz CT molecular complexity index is 520. The number of hydrogen-bond acceptors (Lipinski definition) is 2. The van der Waals surface area contributed by atoms with E-state index < -0.39 is 0 Å². The largest absolute Gasteiger partial charge is 0.380 e. The molecule has 0 fully saturated rings. The third-order valence-electron chi connectivity index (χ3n) is 2.35. The molecule has 17 heavy (non-hydrogen) atoms. The van der Waals surface area contributed by atoms with E-state index in [1.165, 1.54) is 10.4 Å². The minimum absolute atomic E-state index is 0.739. The fourth-order valence-electron chi connectivity index (χ4n) is 1.45. The summed E-state index contributed by atoms with van der Waals surface area (Å²) in [6.07, 6.45) is 0. The van der Waals surface area contributed by atoms with Crippen LogP contribution in [0, 0.1) is 6.92 Å². The van der Waals surface area contributed by atoms with E-state index in [1.807, 2.05) is 24.3 Å². The van der Waals surface area contributed by atoms with E-state index in [-0.39, 0.29) is 0 Å². The number of benzene rings is 1. The molecule has 0 aliphatic rings. The lowest BCUT2D eigenvalue weighted by atomic mass is 10.2. The first-order valence-corrected chi connectivity index (χ1v) is 7.36.